The van der Waals surface area contributed by atoms with E-state index in [0.717, 1.165) is 72.9 Å². The molecule has 0 fully saturated rings. The number of unbranched alkanes of at least 4 members (excludes halogenated alkanes) is 1. The fourth-order valence-corrected chi connectivity index (χ4v) is 8.64. The van der Waals surface area contributed by atoms with Gasteiger partial charge >= 0.3 is 0 Å². The average Bonchev–Trinajstić information content (AvgIpc) is 3.79. The number of fused-ring (bicyclic) bond motifs is 2. The van der Waals surface area contributed by atoms with Gasteiger partial charge in [-0.15, -0.1) is 0 Å². The van der Waals surface area contributed by atoms with Crippen LogP contribution in [0.15, 0.2) is 134 Å². The number of nitrogens with two attached hydrogens (primary N) is 2. The van der Waals surface area contributed by atoms with Gasteiger partial charge < -0.3 is 31.4 Å². The molecule has 334 valence electrons. The Bertz CT molecular complexity index is 2650. The molecule has 2 atom stereocenters. The summed E-state index contributed by atoms with van der Waals surface area (Å²) in [6, 6.07) is 37.7. The number of carbonyl (C=O) groups is 2. The lowest BCUT2D eigenvalue weighted by molar-refractivity contribution is -0.114. The van der Waals surface area contributed by atoms with Gasteiger partial charge in [-0.3, -0.25) is 9.59 Å². The lowest BCUT2D eigenvalue weighted by Crippen LogP contribution is -2.20. The number of ketones is 2. The average molecular weight is 868 g/mol. The zero-order valence-corrected chi connectivity index (χ0v) is 37.4. The fraction of sp³-hybridized carbons (Fsp3) is 0.298. The van der Waals surface area contributed by atoms with E-state index in [1.165, 1.54) is 16.7 Å². The second-order valence-electron chi connectivity index (χ2n) is 17.4. The molecule has 0 amide bonds. The number of benzene rings is 5. The smallest absolute Gasteiger partial charge is 0.165 e. The van der Waals surface area contributed by atoms with E-state index >= 15 is 0 Å². The number of aromatic amines is 1. The van der Waals surface area contributed by atoms with Crippen molar-refractivity contribution >= 4 is 11.6 Å². The maximum absolute atomic E-state index is 13.8. The van der Waals surface area contributed by atoms with Crippen LogP contribution in [0.1, 0.15) is 124 Å². The van der Waals surface area contributed by atoms with E-state index in [4.69, 9.17) is 16.2 Å². The van der Waals surface area contributed by atoms with E-state index in [1.54, 1.807) is 36.5 Å². The van der Waals surface area contributed by atoms with Gasteiger partial charge in [0.25, 0.3) is 0 Å². The standard InChI is InChI=1S/C57H61N3O5/c1-39(18-19-41-13-8-14-42(34-41)21-20-40-11-5-3-6-12-40)10-4-2-7-16-47(61)26-22-43-24-29-54(63)56(36-43)65-33-31-44-23-28-53(62)51(35-44)50-38-55(64)49-30-32-60-52(49)17-9-15-45-37-46(57(58)59)25-27-48(45)50/h3,5-8,11-14,16,23-25,27-30,32,34-37,39,50,57,60,62-63H,2,4,10,17-22,26,31,33,38,58-59H2,1H3/b16-7+/t39-,50+/m1/s1. The Morgan fingerprint density at radius 3 is 2.34 bits per heavy atom. The van der Waals surface area contributed by atoms with E-state index in [9.17, 15) is 19.8 Å². The summed E-state index contributed by atoms with van der Waals surface area (Å²) in [5.41, 5.74) is 22.2. The largest absolute Gasteiger partial charge is 0.508 e. The van der Waals surface area contributed by atoms with Crippen molar-refractivity contribution in [1.82, 2.24) is 4.98 Å². The number of ether oxygens (including phenoxy) is 1. The monoisotopic (exact) mass is 867 g/mol. The predicted molar refractivity (Wildman–Crippen MR) is 259 cm³/mol. The zero-order chi connectivity index (χ0) is 45.5. The van der Waals surface area contributed by atoms with E-state index < -0.39 is 12.1 Å². The van der Waals surface area contributed by atoms with Gasteiger partial charge in [0.05, 0.1) is 19.2 Å². The van der Waals surface area contributed by atoms with Crippen molar-refractivity contribution in [2.24, 2.45) is 17.4 Å². The number of phenols is 2. The Hall–Kier alpha value is -6.66. The Kier molecular flexibility index (Phi) is 16.3. The third-order valence-electron chi connectivity index (χ3n) is 12.5. The molecule has 7 N–H and O–H groups in total. The van der Waals surface area contributed by atoms with Gasteiger partial charge in [0.15, 0.2) is 23.1 Å². The molecule has 0 saturated heterocycles. The highest BCUT2D eigenvalue weighted by atomic mass is 16.5. The van der Waals surface area contributed by atoms with Crippen LogP contribution in [-0.4, -0.2) is 33.4 Å². The Morgan fingerprint density at radius 2 is 1.52 bits per heavy atom. The number of nitrogens with one attached hydrogen (secondary N) is 1. The number of carbonyl (C=O) groups excluding carboxylic acids is 2. The highest BCUT2D eigenvalue weighted by molar-refractivity contribution is 5.98. The van der Waals surface area contributed by atoms with Crippen molar-refractivity contribution in [2.45, 2.75) is 96.1 Å². The minimum atomic E-state index is -0.689. The number of H-pyrrole nitrogens is 1. The number of aromatic hydroxyl groups is 2. The molecule has 0 radical (unpaired) electrons. The normalized spacial score (nSPS) is 14.1. The van der Waals surface area contributed by atoms with Crippen LogP contribution < -0.4 is 16.2 Å². The zero-order valence-electron chi connectivity index (χ0n) is 37.4. The Morgan fingerprint density at radius 1 is 0.785 bits per heavy atom. The summed E-state index contributed by atoms with van der Waals surface area (Å²) >= 11 is 0. The highest BCUT2D eigenvalue weighted by Gasteiger charge is 2.27. The molecular formula is C57H61N3O5. The van der Waals surface area contributed by atoms with E-state index in [0.29, 0.717) is 54.0 Å². The number of hydrogen-bond acceptors (Lipinski definition) is 7. The van der Waals surface area contributed by atoms with Crippen LogP contribution in [0.25, 0.3) is 0 Å². The number of allylic oxidation sites excluding steroid dienone is 2. The number of hydrogen-bond donors (Lipinski definition) is 5. The van der Waals surface area contributed by atoms with E-state index in [1.807, 2.05) is 42.5 Å². The molecule has 0 aliphatic heterocycles. The highest BCUT2D eigenvalue weighted by Crippen LogP contribution is 2.38. The molecule has 6 aromatic rings. The molecule has 5 aromatic carbocycles. The first-order valence-electron chi connectivity index (χ1n) is 23.0. The number of Topliss-reactive ketones (excluding diaryl/α,β-unsaturated/α-hetero) is 1. The van der Waals surface area contributed by atoms with Gasteiger partial charge in [-0.25, -0.2) is 0 Å². The maximum atomic E-state index is 13.8. The second-order valence-corrected chi connectivity index (χ2v) is 17.4. The van der Waals surface area contributed by atoms with Gasteiger partial charge in [-0.1, -0.05) is 116 Å². The van der Waals surface area contributed by atoms with Crippen molar-refractivity contribution < 1.29 is 24.5 Å². The molecule has 0 bridgehead atoms. The number of rotatable bonds is 20. The van der Waals surface area contributed by atoms with E-state index in [-0.39, 0.29) is 36.1 Å². The van der Waals surface area contributed by atoms with Crippen LogP contribution in [0.4, 0.5) is 0 Å². The Labute approximate surface area is 383 Å². The first kappa shape index (κ1) is 46.3. The molecule has 8 nitrogen and oxygen atoms in total. The van der Waals surface area contributed by atoms with Crippen LogP contribution in [0.2, 0.25) is 0 Å². The molecule has 1 aliphatic rings. The molecule has 8 heteroatoms. The SMILES string of the molecule is C[C@H](CCC/C=C/C(=O)CCc1ccc(O)c(OCCc2ccc(O)c([C@H]3CC(=O)c4cc[nH]c4CC#Cc4cc(C(N)N)ccc43)c2)c1)CCc1cccc(CCc2ccccc2)c1. The molecule has 1 aliphatic carbocycles. The summed E-state index contributed by atoms with van der Waals surface area (Å²) < 4.78 is 6.08. The summed E-state index contributed by atoms with van der Waals surface area (Å²) in [5, 5.41) is 21.9. The third-order valence-corrected chi connectivity index (χ3v) is 12.5. The summed E-state index contributed by atoms with van der Waals surface area (Å²) in [4.78, 5) is 29.7. The first-order chi connectivity index (χ1) is 31.6. The van der Waals surface area contributed by atoms with Crippen molar-refractivity contribution in [3.05, 3.63) is 195 Å². The number of phenolic OH excluding ortho intramolecular Hbond substituents is 2. The Balaban J connectivity index is 0.875. The van der Waals surface area contributed by atoms with Gasteiger partial charge in [0, 0.05) is 53.8 Å². The van der Waals surface area contributed by atoms with Crippen LogP contribution in [-0.2, 0) is 43.3 Å². The topological polar surface area (TPSA) is 152 Å². The van der Waals surface area contributed by atoms with Crippen LogP contribution in [0.5, 0.6) is 17.2 Å². The van der Waals surface area contributed by atoms with Crippen LogP contribution in [0, 0.1) is 17.8 Å². The molecule has 1 aromatic heterocycles. The fourth-order valence-electron chi connectivity index (χ4n) is 8.64. The van der Waals surface area contributed by atoms with Crippen LogP contribution >= 0.6 is 0 Å². The van der Waals surface area contributed by atoms with Gasteiger partial charge in [-0.05, 0) is 126 Å². The molecule has 0 saturated carbocycles. The molecular weight excluding hydrogens is 807 g/mol. The van der Waals surface area contributed by atoms with Crippen molar-refractivity contribution in [3.8, 4) is 29.1 Å². The summed E-state index contributed by atoms with van der Waals surface area (Å²) in [7, 11) is 0. The van der Waals surface area contributed by atoms with Crippen molar-refractivity contribution in [3.63, 3.8) is 0 Å². The molecule has 65 heavy (non-hydrogen) atoms. The summed E-state index contributed by atoms with van der Waals surface area (Å²) in [5.74, 6) is 7.04. The molecule has 7 rings (SSSR count). The molecule has 0 spiro atoms. The predicted octanol–water partition coefficient (Wildman–Crippen LogP) is 10.6. The van der Waals surface area contributed by atoms with Gasteiger partial charge in [0.2, 0.25) is 0 Å². The van der Waals surface area contributed by atoms with Crippen molar-refractivity contribution in [1.29, 1.82) is 0 Å². The maximum Gasteiger partial charge on any atom is 0.165 e. The van der Waals surface area contributed by atoms with Crippen LogP contribution in [0.3, 0.4) is 0 Å². The minimum Gasteiger partial charge on any atom is -0.508 e. The first-order valence-corrected chi connectivity index (χ1v) is 23.0. The van der Waals surface area contributed by atoms with E-state index in [2.05, 4.69) is 78.3 Å². The lowest BCUT2D eigenvalue weighted by atomic mass is 9.81. The quantitative estimate of drug-likeness (QED) is 0.0222. The van der Waals surface area contributed by atoms with Gasteiger partial charge in [-0.2, -0.15) is 0 Å². The summed E-state index contributed by atoms with van der Waals surface area (Å²) in [6.07, 6.45) is 14.0. The second kappa shape index (κ2) is 22.8. The summed E-state index contributed by atoms with van der Waals surface area (Å²) in [6.45, 7) is 2.57. The molecule has 1 heterocycles. The molecule has 0 unspecified atom stereocenters. The lowest BCUT2D eigenvalue weighted by Gasteiger charge is -2.22. The third kappa shape index (κ3) is 13.2. The van der Waals surface area contributed by atoms with Crippen molar-refractivity contribution in [2.75, 3.05) is 6.61 Å². The number of aryl methyl sites for hydroxylation is 4. The minimum absolute atomic E-state index is 0.0198. The van der Waals surface area contributed by atoms with Gasteiger partial charge in [0.1, 0.15) is 5.75 Å². The number of aromatic nitrogens is 1.